The van der Waals surface area contributed by atoms with Crippen molar-refractivity contribution in [2.75, 3.05) is 23.9 Å². The van der Waals surface area contributed by atoms with Crippen LogP contribution < -0.4 is 15.4 Å². The average Bonchev–Trinajstić information content (AvgIpc) is 2.71. The number of benzene rings is 1. The van der Waals surface area contributed by atoms with E-state index in [1.165, 1.54) is 7.11 Å². The fourth-order valence-corrected chi connectivity index (χ4v) is 3.87. The first-order valence-corrected chi connectivity index (χ1v) is 8.21. The number of urea groups is 1. The van der Waals surface area contributed by atoms with Gasteiger partial charge in [0.1, 0.15) is 5.75 Å². The summed E-state index contributed by atoms with van der Waals surface area (Å²) in [6.07, 6.45) is 0.437. The maximum Gasteiger partial charge on any atom is 0.319 e. The number of methoxy groups -OCH3 is 1. The van der Waals surface area contributed by atoms with Gasteiger partial charge in [-0.15, -0.1) is 0 Å². The SMILES string of the molecule is COc1ccc(NC(=O)NC2CCS(=O)(=O)C2)c(Cl)c1. The topological polar surface area (TPSA) is 84.5 Å². The fraction of sp³-hybridized carbons (Fsp3) is 0.417. The zero-order chi connectivity index (χ0) is 14.8. The minimum absolute atomic E-state index is 0.0171. The Hall–Kier alpha value is -1.47. The second-order valence-corrected chi connectivity index (χ2v) is 7.18. The van der Waals surface area contributed by atoms with E-state index in [1.54, 1.807) is 18.2 Å². The van der Waals surface area contributed by atoms with Crippen molar-refractivity contribution in [3.63, 3.8) is 0 Å². The quantitative estimate of drug-likeness (QED) is 0.887. The molecule has 2 rings (SSSR count). The van der Waals surface area contributed by atoms with Gasteiger partial charge in [0.25, 0.3) is 0 Å². The Morgan fingerprint density at radius 1 is 1.45 bits per heavy atom. The fourth-order valence-electron chi connectivity index (χ4n) is 1.98. The van der Waals surface area contributed by atoms with Crippen molar-refractivity contribution >= 4 is 33.2 Å². The zero-order valence-corrected chi connectivity index (χ0v) is 12.4. The van der Waals surface area contributed by atoms with Crippen molar-refractivity contribution in [2.24, 2.45) is 0 Å². The lowest BCUT2D eigenvalue weighted by Crippen LogP contribution is -2.38. The molecule has 0 radical (unpaired) electrons. The smallest absolute Gasteiger partial charge is 0.319 e. The molecule has 1 fully saturated rings. The van der Waals surface area contributed by atoms with Crippen molar-refractivity contribution in [3.8, 4) is 5.75 Å². The lowest BCUT2D eigenvalue weighted by atomic mass is 10.2. The third-order valence-electron chi connectivity index (χ3n) is 2.99. The van der Waals surface area contributed by atoms with Crippen molar-refractivity contribution in [2.45, 2.75) is 12.5 Å². The van der Waals surface area contributed by atoms with Crippen LogP contribution in [0, 0.1) is 0 Å². The van der Waals surface area contributed by atoms with Gasteiger partial charge in [-0.2, -0.15) is 0 Å². The highest BCUT2D eigenvalue weighted by Gasteiger charge is 2.28. The van der Waals surface area contributed by atoms with Gasteiger partial charge in [-0.3, -0.25) is 0 Å². The standard InChI is InChI=1S/C12H15ClN2O4S/c1-19-9-2-3-11(10(13)6-9)15-12(16)14-8-4-5-20(17,18)7-8/h2-3,6,8H,4-5,7H2,1H3,(H2,14,15,16). The number of sulfone groups is 1. The van der Waals surface area contributed by atoms with Crippen molar-refractivity contribution in [1.29, 1.82) is 0 Å². The van der Waals surface area contributed by atoms with Crippen LogP contribution in [0.25, 0.3) is 0 Å². The van der Waals surface area contributed by atoms with Gasteiger partial charge in [-0.05, 0) is 18.6 Å². The van der Waals surface area contributed by atoms with Gasteiger partial charge in [-0.1, -0.05) is 11.6 Å². The molecule has 0 aliphatic carbocycles. The summed E-state index contributed by atoms with van der Waals surface area (Å²) >= 11 is 6.00. The van der Waals surface area contributed by atoms with Gasteiger partial charge in [0.2, 0.25) is 0 Å². The predicted octanol–water partition coefficient (Wildman–Crippen LogP) is 1.66. The second-order valence-electron chi connectivity index (χ2n) is 4.54. The molecule has 8 heteroatoms. The molecular weight excluding hydrogens is 304 g/mol. The Labute approximate surface area is 122 Å². The highest BCUT2D eigenvalue weighted by molar-refractivity contribution is 7.91. The van der Waals surface area contributed by atoms with Gasteiger partial charge in [0, 0.05) is 12.1 Å². The molecule has 1 saturated heterocycles. The van der Waals surface area contributed by atoms with Crippen LogP contribution in [-0.4, -0.2) is 39.1 Å². The number of hydrogen-bond acceptors (Lipinski definition) is 4. The van der Waals surface area contributed by atoms with Crippen LogP contribution in [0.3, 0.4) is 0 Å². The third-order valence-corrected chi connectivity index (χ3v) is 5.07. The van der Waals surface area contributed by atoms with Crippen LogP contribution in [0.1, 0.15) is 6.42 Å². The average molecular weight is 319 g/mol. The van der Waals surface area contributed by atoms with E-state index in [0.717, 1.165) is 0 Å². The third kappa shape index (κ3) is 3.77. The molecular formula is C12H15ClN2O4S. The summed E-state index contributed by atoms with van der Waals surface area (Å²) in [4.78, 5) is 11.8. The first-order chi connectivity index (χ1) is 9.39. The number of anilines is 1. The van der Waals surface area contributed by atoms with E-state index in [0.29, 0.717) is 22.9 Å². The summed E-state index contributed by atoms with van der Waals surface area (Å²) in [6, 6.07) is 4.04. The van der Waals surface area contributed by atoms with E-state index in [2.05, 4.69) is 10.6 Å². The molecule has 1 aromatic rings. The molecule has 1 aromatic carbocycles. The molecule has 20 heavy (non-hydrogen) atoms. The van der Waals surface area contributed by atoms with Crippen LogP contribution in [0.2, 0.25) is 5.02 Å². The largest absolute Gasteiger partial charge is 0.497 e. The van der Waals surface area contributed by atoms with E-state index < -0.39 is 15.9 Å². The Bertz CT molecular complexity index is 618. The lowest BCUT2D eigenvalue weighted by molar-refractivity contribution is 0.249. The van der Waals surface area contributed by atoms with Crippen LogP contribution in [-0.2, 0) is 9.84 Å². The molecule has 1 unspecified atom stereocenters. The highest BCUT2D eigenvalue weighted by Crippen LogP contribution is 2.26. The molecule has 0 aromatic heterocycles. The normalized spacial score (nSPS) is 20.4. The Morgan fingerprint density at radius 3 is 2.75 bits per heavy atom. The van der Waals surface area contributed by atoms with Crippen LogP contribution in [0.4, 0.5) is 10.5 Å². The molecule has 1 atom stereocenters. The number of halogens is 1. The highest BCUT2D eigenvalue weighted by atomic mass is 35.5. The summed E-state index contributed by atoms with van der Waals surface area (Å²) in [6.45, 7) is 0. The number of nitrogens with one attached hydrogen (secondary N) is 2. The summed E-state index contributed by atoms with van der Waals surface area (Å²) in [7, 11) is -1.50. The van der Waals surface area contributed by atoms with E-state index in [4.69, 9.17) is 16.3 Å². The van der Waals surface area contributed by atoms with Crippen molar-refractivity contribution < 1.29 is 17.9 Å². The monoisotopic (exact) mass is 318 g/mol. The lowest BCUT2D eigenvalue weighted by Gasteiger charge is -2.13. The van der Waals surface area contributed by atoms with Gasteiger partial charge in [0.15, 0.2) is 9.84 Å². The maximum atomic E-state index is 11.8. The van der Waals surface area contributed by atoms with Gasteiger partial charge >= 0.3 is 6.03 Å². The molecule has 0 saturated carbocycles. The van der Waals surface area contributed by atoms with E-state index in [9.17, 15) is 13.2 Å². The first kappa shape index (κ1) is 14.9. The Morgan fingerprint density at radius 2 is 2.20 bits per heavy atom. The minimum atomic E-state index is -3.02. The molecule has 2 amide bonds. The first-order valence-electron chi connectivity index (χ1n) is 6.01. The Balaban J connectivity index is 1.95. The number of carbonyl (C=O) groups is 1. The van der Waals surface area contributed by atoms with Crippen molar-refractivity contribution in [1.82, 2.24) is 5.32 Å². The van der Waals surface area contributed by atoms with Crippen LogP contribution in [0.5, 0.6) is 5.75 Å². The molecule has 1 aliphatic rings. The van der Waals surface area contributed by atoms with Crippen LogP contribution >= 0.6 is 11.6 Å². The summed E-state index contributed by atoms with van der Waals surface area (Å²) in [5.41, 5.74) is 0.436. The predicted molar refractivity (Wildman–Crippen MR) is 77.2 cm³/mol. The number of rotatable bonds is 3. The summed E-state index contributed by atoms with van der Waals surface area (Å²) in [5, 5.41) is 5.55. The Kier molecular flexibility index (Phi) is 4.39. The number of carbonyl (C=O) groups excluding carboxylic acids is 1. The van der Waals surface area contributed by atoms with Gasteiger partial charge in [-0.25, -0.2) is 13.2 Å². The van der Waals surface area contributed by atoms with E-state index >= 15 is 0 Å². The molecule has 6 nitrogen and oxygen atoms in total. The summed E-state index contributed by atoms with van der Waals surface area (Å²) in [5.74, 6) is 0.681. The van der Waals surface area contributed by atoms with E-state index in [-0.39, 0.29) is 17.5 Å². The molecule has 2 N–H and O–H groups in total. The molecule has 1 aliphatic heterocycles. The zero-order valence-electron chi connectivity index (χ0n) is 10.8. The van der Waals surface area contributed by atoms with Crippen molar-refractivity contribution in [3.05, 3.63) is 23.2 Å². The van der Waals surface area contributed by atoms with E-state index in [1.807, 2.05) is 0 Å². The maximum absolute atomic E-state index is 11.8. The molecule has 110 valence electrons. The summed E-state index contributed by atoms with van der Waals surface area (Å²) < 4.78 is 27.6. The number of ether oxygens (including phenoxy) is 1. The molecule has 0 bridgehead atoms. The van der Waals surface area contributed by atoms with Gasteiger partial charge < -0.3 is 15.4 Å². The number of hydrogen-bond donors (Lipinski definition) is 2. The molecule has 1 heterocycles. The van der Waals surface area contributed by atoms with Gasteiger partial charge in [0.05, 0.1) is 29.3 Å². The second kappa shape index (κ2) is 5.88. The molecule has 0 spiro atoms. The number of amides is 2. The van der Waals surface area contributed by atoms with Crippen LogP contribution in [0.15, 0.2) is 18.2 Å². The minimum Gasteiger partial charge on any atom is -0.497 e.